The summed E-state index contributed by atoms with van der Waals surface area (Å²) >= 11 is 0. The van der Waals surface area contributed by atoms with E-state index in [2.05, 4.69) is 31.3 Å². The number of aliphatic hydroxyl groups excluding tert-OH is 4. The Morgan fingerprint density at radius 1 is 0.755 bits per heavy atom. The van der Waals surface area contributed by atoms with Crippen molar-refractivity contribution in [1.82, 2.24) is 5.32 Å². The lowest BCUT2D eigenvalue weighted by Crippen LogP contribution is -2.68. The Labute approximate surface area is 551 Å². The Morgan fingerprint density at radius 3 is 2.09 bits per heavy atom. The van der Waals surface area contributed by atoms with Crippen molar-refractivity contribution in [2.24, 2.45) is 40.9 Å². The number of hydrogen-bond acceptors (Lipinski definition) is 23. The third-order valence-corrected chi connectivity index (χ3v) is 22.3. The molecule has 4 aliphatic carbocycles. The van der Waals surface area contributed by atoms with Crippen LogP contribution in [0.4, 0.5) is 4.79 Å². The molecule has 25 nitrogen and oxygen atoms in total. The number of ether oxygens (including phenoxy) is 13. The van der Waals surface area contributed by atoms with Gasteiger partial charge in [0.15, 0.2) is 42.3 Å². The molecule has 29 atom stereocenters. The molecule has 4 unspecified atom stereocenters. The summed E-state index contributed by atoms with van der Waals surface area (Å²) in [6, 6.07) is -1.11. The molecule has 1 amide bonds. The van der Waals surface area contributed by atoms with Gasteiger partial charge >= 0.3 is 12.1 Å². The van der Waals surface area contributed by atoms with Gasteiger partial charge in [0.1, 0.15) is 35.9 Å². The number of nitrogens with zero attached hydrogens (tertiary/aromatic N) is 1. The number of methoxy groups -OCH3 is 1. The van der Waals surface area contributed by atoms with E-state index in [1.165, 1.54) is 27.0 Å². The van der Waals surface area contributed by atoms with Crippen molar-refractivity contribution in [3.8, 4) is 0 Å². The van der Waals surface area contributed by atoms with Crippen molar-refractivity contribution < 1.29 is 106 Å². The van der Waals surface area contributed by atoms with Gasteiger partial charge in [-0.3, -0.25) is 24.5 Å². The monoisotopic (exact) mass is 1330 g/mol. The predicted molar refractivity (Wildman–Crippen MR) is 334 cm³/mol. The van der Waals surface area contributed by atoms with Gasteiger partial charge in [0, 0.05) is 74.0 Å². The molecule has 0 aromatic heterocycles. The number of nitro groups is 1. The van der Waals surface area contributed by atoms with Crippen LogP contribution in [0.3, 0.4) is 0 Å². The van der Waals surface area contributed by atoms with Gasteiger partial charge in [-0.15, -0.1) is 0 Å². The molecule has 10 aliphatic rings. The Morgan fingerprint density at radius 2 is 1.43 bits per heavy atom. The minimum absolute atomic E-state index is 0.0365. The van der Waals surface area contributed by atoms with E-state index in [1.54, 1.807) is 33.8 Å². The van der Waals surface area contributed by atoms with E-state index < -0.39 is 185 Å². The Balaban J connectivity index is 0.913. The zero-order valence-electron chi connectivity index (χ0n) is 57.1. The van der Waals surface area contributed by atoms with E-state index in [0.717, 1.165) is 5.57 Å². The maximum Gasteiger partial charge on any atom is 0.407 e. The first-order valence-electron chi connectivity index (χ1n) is 33.8. The SMILES string of the molecule is COC(=O)N[C@H]1[C@@H](C)O[C@@](C)(O[C@H]2C/C=C(\C)[C@@H]3C=C[C@@H]4[C@@H](O[C@@]5(C)CC(O[C@H]6CCC(O[C@H]7C[C@@H](O)C(O[C@H]8CC[C@@H](O)[C@H](C)O8)[C@H](C)O7)[C@H](C)O6)[C@@H](OC(C)=O)[C@H](C)O5)[C@@H](C)C[C@H](C)[C@H]4[C@]3(C)/C(O)=C3\COC4(CC(C=O)=C[C@H](O)[C@H]4/C=C/2C)C3=O)C[C@]1(C)[N+](=O)[O-]. The highest BCUT2D eigenvalue weighted by molar-refractivity contribution is 6.06. The topological polar surface area (TPSA) is 324 Å². The van der Waals surface area contributed by atoms with Gasteiger partial charge in [0.2, 0.25) is 5.54 Å². The largest absolute Gasteiger partial charge is 0.511 e. The van der Waals surface area contributed by atoms with Crippen molar-refractivity contribution in [2.45, 2.75) is 294 Å². The molecule has 6 saturated heterocycles. The fourth-order valence-corrected chi connectivity index (χ4v) is 17.9. The first kappa shape index (κ1) is 72.2. The summed E-state index contributed by atoms with van der Waals surface area (Å²) in [5, 5.41) is 62.5. The summed E-state index contributed by atoms with van der Waals surface area (Å²) in [6.45, 7) is 24.8. The molecule has 0 radical (unpaired) electrons. The molecule has 7 fully saturated rings. The number of rotatable bonds is 14. The van der Waals surface area contributed by atoms with Gasteiger partial charge in [-0.05, 0) is 123 Å². The Hall–Kier alpha value is -4.58. The molecule has 94 heavy (non-hydrogen) atoms. The van der Waals surface area contributed by atoms with E-state index in [9.17, 15) is 44.9 Å². The lowest BCUT2D eigenvalue weighted by molar-refractivity contribution is -0.589. The van der Waals surface area contributed by atoms with Crippen LogP contribution in [0.5, 0.6) is 0 Å². The van der Waals surface area contributed by atoms with Gasteiger partial charge in [-0.25, -0.2) is 4.79 Å². The second kappa shape index (κ2) is 28.0. The molecule has 10 rings (SSSR count). The maximum atomic E-state index is 15.7. The molecule has 526 valence electrons. The zero-order chi connectivity index (χ0) is 68.5. The highest BCUT2D eigenvalue weighted by Gasteiger charge is 2.64. The van der Waals surface area contributed by atoms with Gasteiger partial charge in [-0.1, -0.05) is 50.6 Å². The van der Waals surface area contributed by atoms with Crippen LogP contribution < -0.4 is 5.32 Å². The minimum Gasteiger partial charge on any atom is -0.511 e. The molecule has 25 heteroatoms. The minimum atomic E-state index is -1.84. The van der Waals surface area contributed by atoms with Crippen molar-refractivity contribution in [1.29, 1.82) is 0 Å². The number of fused-ring (bicyclic) bond motifs is 4. The van der Waals surface area contributed by atoms with Crippen LogP contribution in [0.15, 0.2) is 58.4 Å². The smallest absolute Gasteiger partial charge is 0.407 e. The second-order valence-electron chi connectivity index (χ2n) is 29.5. The third kappa shape index (κ3) is 14.1. The van der Waals surface area contributed by atoms with Crippen molar-refractivity contribution >= 4 is 24.1 Å². The molecule has 0 aromatic carbocycles. The highest BCUT2D eigenvalue weighted by Crippen LogP contribution is 2.61. The first-order chi connectivity index (χ1) is 44.2. The summed E-state index contributed by atoms with van der Waals surface area (Å²) in [6.07, 6.45) is -0.577. The number of amides is 1. The number of aliphatic hydroxyl groups is 4. The summed E-state index contributed by atoms with van der Waals surface area (Å²) < 4.78 is 83.3. The molecular formula is C69H102N2O23. The summed E-state index contributed by atoms with van der Waals surface area (Å²) in [4.78, 5) is 66.2. The second-order valence-corrected chi connectivity index (χ2v) is 29.5. The van der Waals surface area contributed by atoms with E-state index in [-0.39, 0.29) is 67.5 Å². The van der Waals surface area contributed by atoms with Crippen molar-refractivity contribution in [2.75, 3.05) is 13.7 Å². The molecule has 2 bridgehead atoms. The van der Waals surface area contributed by atoms with Crippen LogP contribution in [0.25, 0.3) is 0 Å². The summed E-state index contributed by atoms with van der Waals surface area (Å²) in [7, 11) is 1.17. The number of hydrogen-bond donors (Lipinski definition) is 5. The molecule has 0 aromatic rings. The van der Waals surface area contributed by atoms with Gasteiger partial charge in [0.25, 0.3) is 0 Å². The van der Waals surface area contributed by atoms with Gasteiger partial charge in [-0.2, -0.15) is 0 Å². The van der Waals surface area contributed by atoms with Crippen molar-refractivity contribution in [3.05, 3.63) is 68.5 Å². The molecule has 6 aliphatic heterocycles. The normalized spacial score (nSPS) is 49.4. The number of carbonyl (C=O) groups excluding carboxylic acids is 4. The Kier molecular flexibility index (Phi) is 21.5. The summed E-state index contributed by atoms with van der Waals surface area (Å²) in [5.74, 6) is -6.84. The first-order valence-corrected chi connectivity index (χ1v) is 33.8. The number of esters is 1. The average Bonchev–Trinajstić information content (AvgIpc) is 1.31. The van der Waals surface area contributed by atoms with Gasteiger partial charge < -0.3 is 87.3 Å². The van der Waals surface area contributed by atoms with Gasteiger partial charge in [0.05, 0.1) is 92.9 Å². The van der Waals surface area contributed by atoms with Crippen LogP contribution in [0.1, 0.15) is 161 Å². The van der Waals surface area contributed by atoms with Crippen LogP contribution in [-0.2, 0) is 76.0 Å². The van der Waals surface area contributed by atoms with E-state index in [1.807, 2.05) is 47.6 Å². The fourth-order valence-electron chi connectivity index (χ4n) is 17.9. The lowest BCUT2D eigenvalue weighted by Gasteiger charge is -2.58. The quantitative estimate of drug-likeness (QED) is 0.0367. The van der Waals surface area contributed by atoms with Crippen LogP contribution in [0, 0.1) is 51.0 Å². The van der Waals surface area contributed by atoms with Crippen LogP contribution in [0.2, 0.25) is 0 Å². The lowest BCUT2D eigenvalue weighted by atomic mass is 9.49. The predicted octanol–water partition coefficient (Wildman–Crippen LogP) is 7.61. The van der Waals surface area contributed by atoms with E-state index in [4.69, 9.17) is 61.6 Å². The Bertz CT molecular complexity index is 2980. The number of nitrogens with one attached hydrogen (secondary N) is 1. The molecule has 1 saturated carbocycles. The average molecular weight is 1330 g/mol. The number of carbonyl (C=O) groups is 4. The molecule has 6 heterocycles. The van der Waals surface area contributed by atoms with Crippen molar-refractivity contribution in [3.63, 3.8) is 0 Å². The van der Waals surface area contributed by atoms with Crippen LogP contribution in [-0.4, -0.2) is 196 Å². The van der Waals surface area contributed by atoms with E-state index >= 15 is 4.79 Å². The van der Waals surface area contributed by atoms with E-state index in [0.29, 0.717) is 44.0 Å². The maximum absolute atomic E-state index is 15.7. The fraction of sp³-hybridized carbons (Fsp3) is 0.797. The number of aldehydes is 1. The standard InChI is InChI=1S/C69H102N2O23/c1-33-16-20-51(93-67(13)32-65(11,71(80)81)61(41(9)92-67)70-64(79)82-15)34(2)25-47-49(75)26-43(30-72)28-69(47)63(78)45(31-83-69)62(77)68(14)46(33)18-17-44-57(68)35(3)24-36(4)58(44)94-66(12)29-53(60(40(8)91-66)87-42(10)73)89-54-23-21-52(38(6)85-54)88-56-27-50(76)59(39(7)86-56)90-55-22-19-48(74)37(5)84-55/h16-18,25-26,30,35-41,44,46-61,74-77H,19-24,27-29,31-32H2,1-15H3,(H,70,79)/b33-16+,34-25+,62-45-/t35-,36-,37-,38-,39-,40-,41+,44-,46-,47+,48+,49-,50+,51-,52?,53?,54-,55-,56-,57+,58-,59?,60-,61-,65-,66-,67-,68+,69?/m0/s1. The highest BCUT2D eigenvalue weighted by atomic mass is 16.8. The molecular weight excluding hydrogens is 1220 g/mol. The number of alkyl carbamates (subject to hydrolysis) is 1. The molecule has 1 spiro atoms. The summed E-state index contributed by atoms with van der Waals surface area (Å²) in [5.41, 5.74) is -3.34. The number of Topliss-reactive ketones (excluding diaryl/α,β-unsaturated/α-hetero) is 1. The number of allylic oxidation sites excluding steroid dienone is 3. The zero-order valence-corrected chi connectivity index (χ0v) is 57.1. The van der Waals surface area contributed by atoms with Crippen LogP contribution >= 0.6 is 0 Å². The third-order valence-electron chi connectivity index (χ3n) is 22.3. The molecule has 5 N–H and O–H groups in total. The number of ketones is 1.